The van der Waals surface area contributed by atoms with Crippen LogP contribution >= 0.6 is 0 Å². The molecule has 0 atom stereocenters. The molecular weight excluding hydrogens is 396 g/mol. The molecule has 0 saturated carbocycles. The van der Waals surface area contributed by atoms with E-state index in [2.05, 4.69) is 10.2 Å². The standard InChI is InChI=1S/C24H16N2O5/c27-22-20(24(30)31-18-14-8-7-13-17(18)23(28)29)19(15-9-3-1-4-10-15)21(25-26-22)16-11-5-2-6-12-16/h1-14H,(H,26,27)(H,28,29)/p-1. The first kappa shape index (κ1) is 19.8. The molecule has 0 aliphatic rings. The van der Waals surface area contributed by atoms with Gasteiger partial charge in [-0.2, -0.15) is 5.10 Å². The van der Waals surface area contributed by atoms with Crippen LogP contribution in [-0.2, 0) is 0 Å². The molecule has 0 unspecified atom stereocenters. The van der Waals surface area contributed by atoms with Crippen LogP contribution in [0.3, 0.4) is 0 Å². The molecule has 31 heavy (non-hydrogen) atoms. The molecule has 7 heteroatoms. The number of ether oxygens (including phenoxy) is 1. The number of carbonyl (C=O) groups excluding carboxylic acids is 2. The van der Waals surface area contributed by atoms with E-state index in [1.54, 1.807) is 42.5 Å². The summed E-state index contributed by atoms with van der Waals surface area (Å²) < 4.78 is 5.32. The number of nitrogens with zero attached hydrogens (tertiary/aromatic N) is 1. The third-order valence-electron chi connectivity index (χ3n) is 4.61. The van der Waals surface area contributed by atoms with Crippen LogP contribution in [0.25, 0.3) is 22.4 Å². The third kappa shape index (κ3) is 3.97. The number of aromatic nitrogens is 2. The van der Waals surface area contributed by atoms with Crippen molar-refractivity contribution >= 4 is 11.9 Å². The van der Waals surface area contributed by atoms with Gasteiger partial charge in [0.05, 0.1) is 11.7 Å². The molecule has 0 spiro atoms. The summed E-state index contributed by atoms with van der Waals surface area (Å²) in [6.07, 6.45) is 0. The predicted molar refractivity (Wildman–Crippen MR) is 111 cm³/mol. The first-order chi connectivity index (χ1) is 15.1. The average molecular weight is 411 g/mol. The van der Waals surface area contributed by atoms with Crippen molar-refractivity contribution in [2.45, 2.75) is 0 Å². The average Bonchev–Trinajstić information content (AvgIpc) is 2.80. The lowest BCUT2D eigenvalue weighted by Crippen LogP contribution is -2.27. The number of esters is 1. The molecule has 0 fully saturated rings. The molecular formula is C24H15N2O5-. The molecule has 0 saturated heterocycles. The zero-order valence-electron chi connectivity index (χ0n) is 16.1. The molecule has 4 aromatic rings. The summed E-state index contributed by atoms with van der Waals surface area (Å²) in [4.78, 5) is 37.2. The van der Waals surface area contributed by atoms with Crippen LogP contribution in [0.5, 0.6) is 5.75 Å². The maximum absolute atomic E-state index is 13.1. The van der Waals surface area contributed by atoms with E-state index < -0.39 is 17.5 Å². The highest BCUT2D eigenvalue weighted by molar-refractivity contribution is 6.02. The Bertz CT molecular complexity index is 1310. The molecule has 0 aliphatic carbocycles. The van der Waals surface area contributed by atoms with Gasteiger partial charge in [0.1, 0.15) is 11.3 Å². The summed E-state index contributed by atoms with van der Waals surface area (Å²) >= 11 is 0. The lowest BCUT2D eigenvalue weighted by atomic mass is 9.95. The first-order valence-electron chi connectivity index (χ1n) is 9.32. The molecule has 0 bridgehead atoms. The van der Waals surface area contributed by atoms with Crippen molar-refractivity contribution in [2.24, 2.45) is 0 Å². The fraction of sp³-hybridized carbons (Fsp3) is 0. The molecule has 7 nitrogen and oxygen atoms in total. The quantitative estimate of drug-likeness (QED) is 0.399. The summed E-state index contributed by atoms with van der Waals surface area (Å²) in [6.45, 7) is 0. The minimum atomic E-state index is -1.50. The van der Waals surface area contributed by atoms with E-state index in [0.29, 0.717) is 16.8 Å². The largest absolute Gasteiger partial charge is 0.545 e. The number of rotatable bonds is 5. The zero-order chi connectivity index (χ0) is 21.8. The lowest BCUT2D eigenvalue weighted by Gasteiger charge is -2.14. The van der Waals surface area contributed by atoms with Crippen LogP contribution in [0.2, 0.25) is 0 Å². The van der Waals surface area contributed by atoms with Crippen LogP contribution in [0.4, 0.5) is 0 Å². The van der Waals surface area contributed by atoms with E-state index in [-0.39, 0.29) is 22.4 Å². The van der Waals surface area contributed by atoms with Gasteiger partial charge in [-0.15, -0.1) is 0 Å². The third-order valence-corrected chi connectivity index (χ3v) is 4.61. The van der Waals surface area contributed by atoms with Crippen molar-refractivity contribution < 1.29 is 19.4 Å². The van der Waals surface area contributed by atoms with Crippen LogP contribution in [-0.4, -0.2) is 22.1 Å². The summed E-state index contributed by atoms with van der Waals surface area (Å²) in [7, 11) is 0. The molecule has 3 aromatic carbocycles. The van der Waals surface area contributed by atoms with Crippen LogP contribution in [0.15, 0.2) is 89.7 Å². The second-order valence-corrected chi connectivity index (χ2v) is 6.56. The number of carboxylic acid groups (broad SMARTS) is 1. The predicted octanol–water partition coefficient (Wildman–Crippen LogP) is 2.69. The Morgan fingerprint density at radius 2 is 1.39 bits per heavy atom. The molecule has 152 valence electrons. The maximum atomic E-state index is 13.1. The zero-order valence-corrected chi connectivity index (χ0v) is 16.1. The highest BCUT2D eigenvalue weighted by atomic mass is 16.5. The molecule has 1 heterocycles. The van der Waals surface area contributed by atoms with Gasteiger partial charge in [0.2, 0.25) is 0 Å². The van der Waals surface area contributed by atoms with Gasteiger partial charge in [-0.3, -0.25) is 4.79 Å². The number of nitrogens with one attached hydrogen (secondary N) is 1. The molecule has 1 aromatic heterocycles. The Labute approximate surface area is 176 Å². The Morgan fingerprint density at radius 3 is 2.03 bits per heavy atom. The van der Waals surface area contributed by atoms with E-state index in [4.69, 9.17) is 4.74 Å². The summed E-state index contributed by atoms with van der Waals surface area (Å²) in [6, 6.07) is 23.5. The number of para-hydroxylation sites is 1. The smallest absolute Gasteiger partial charge is 0.349 e. The lowest BCUT2D eigenvalue weighted by molar-refractivity contribution is -0.255. The fourth-order valence-electron chi connectivity index (χ4n) is 3.21. The highest BCUT2D eigenvalue weighted by Crippen LogP contribution is 2.32. The van der Waals surface area contributed by atoms with E-state index >= 15 is 0 Å². The van der Waals surface area contributed by atoms with Crippen molar-refractivity contribution in [3.8, 4) is 28.1 Å². The van der Waals surface area contributed by atoms with E-state index in [1.807, 2.05) is 18.2 Å². The van der Waals surface area contributed by atoms with Gasteiger partial charge in [0.15, 0.2) is 0 Å². The number of hydrogen-bond donors (Lipinski definition) is 1. The molecule has 1 N–H and O–H groups in total. The Balaban J connectivity index is 1.91. The van der Waals surface area contributed by atoms with Gasteiger partial charge in [-0.1, -0.05) is 72.8 Å². The second-order valence-electron chi connectivity index (χ2n) is 6.56. The number of benzene rings is 3. The number of carboxylic acids is 1. The number of H-pyrrole nitrogens is 1. The fourth-order valence-corrected chi connectivity index (χ4v) is 3.21. The molecule has 0 radical (unpaired) electrons. The first-order valence-corrected chi connectivity index (χ1v) is 9.32. The minimum absolute atomic E-state index is 0.219. The Morgan fingerprint density at radius 1 is 0.806 bits per heavy atom. The van der Waals surface area contributed by atoms with Gasteiger partial charge in [0.25, 0.3) is 5.56 Å². The number of carbonyl (C=O) groups is 2. The number of hydrogen-bond acceptors (Lipinski definition) is 6. The molecule has 0 aliphatic heterocycles. The number of aromatic amines is 1. The maximum Gasteiger partial charge on any atom is 0.349 e. The van der Waals surface area contributed by atoms with Gasteiger partial charge in [-0.05, 0) is 17.7 Å². The van der Waals surface area contributed by atoms with E-state index in [0.717, 1.165) is 0 Å². The van der Waals surface area contributed by atoms with Crippen molar-refractivity contribution in [1.82, 2.24) is 10.2 Å². The monoisotopic (exact) mass is 411 g/mol. The normalized spacial score (nSPS) is 10.5. The second kappa shape index (κ2) is 8.46. The van der Waals surface area contributed by atoms with Gasteiger partial charge >= 0.3 is 5.97 Å². The Hall–Kier alpha value is -4.52. The SMILES string of the molecule is O=C([O-])c1ccccc1OC(=O)c1c(-c2ccccc2)c(-c2ccccc2)n[nH]c1=O. The van der Waals surface area contributed by atoms with Crippen LogP contribution in [0, 0.1) is 0 Å². The summed E-state index contributed by atoms with van der Waals surface area (Å²) in [5, 5.41) is 17.9. The van der Waals surface area contributed by atoms with E-state index in [9.17, 15) is 19.5 Å². The van der Waals surface area contributed by atoms with Crippen LogP contribution in [0.1, 0.15) is 20.7 Å². The summed E-state index contributed by atoms with van der Waals surface area (Å²) in [5.74, 6) is -2.72. The topological polar surface area (TPSA) is 112 Å². The summed E-state index contributed by atoms with van der Waals surface area (Å²) in [5.41, 5.74) is 0.591. The van der Waals surface area contributed by atoms with Gasteiger partial charge in [-0.25, -0.2) is 9.89 Å². The highest BCUT2D eigenvalue weighted by Gasteiger charge is 2.25. The van der Waals surface area contributed by atoms with Crippen molar-refractivity contribution in [3.63, 3.8) is 0 Å². The number of aromatic carboxylic acids is 1. The van der Waals surface area contributed by atoms with E-state index in [1.165, 1.54) is 24.3 Å². The van der Waals surface area contributed by atoms with Gasteiger partial charge < -0.3 is 14.6 Å². The van der Waals surface area contributed by atoms with Crippen molar-refractivity contribution in [2.75, 3.05) is 0 Å². The van der Waals surface area contributed by atoms with Crippen molar-refractivity contribution in [1.29, 1.82) is 0 Å². The van der Waals surface area contributed by atoms with Crippen LogP contribution < -0.4 is 15.4 Å². The minimum Gasteiger partial charge on any atom is -0.545 e. The molecule has 4 rings (SSSR count). The van der Waals surface area contributed by atoms with Crippen molar-refractivity contribution in [3.05, 3.63) is 106 Å². The van der Waals surface area contributed by atoms with Gasteiger partial charge in [0, 0.05) is 16.7 Å². The molecule has 0 amide bonds. The Kier molecular flexibility index (Phi) is 5.40.